The summed E-state index contributed by atoms with van der Waals surface area (Å²) in [6.07, 6.45) is 1.83. The molecular formula is C13H18N2. The number of rotatable bonds is 5. The van der Waals surface area contributed by atoms with E-state index >= 15 is 0 Å². The van der Waals surface area contributed by atoms with Gasteiger partial charge in [-0.2, -0.15) is 5.26 Å². The van der Waals surface area contributed by atoms with Gasteiger partial charge < -0.3 is 0 Å². The molecule has 0 amide bonds. The van der Waals surface area contributed by atoms with Crippen LogP contribution in [0, 0.1) is 11.3 Å². The highest BCUT2D eigenvalue weighted by atomic mass is 14.9. The van der Waals surface area contributed by atoms with Gasteiger partial charge >= 0.3 is 0 Å². The van der Waals surface area contributed by atoms with Crippen LogP contribution in [0.2, 0.25) is 0 Å². The summed E-state index contributed by atoms with van der Waals surface area (Å²) >= 11 is 0. The van der Waals surface area contributed by atoms with E-state index in [1.165, 1.54) is 5.56 Å². The minimum atomic E-state index is -0.0243. The van der Waals surface area contributed by atoms with Crippen LogP contribution in [0.15, 0.2) is 30.3 Å². The molecule has 0 radical (unpaired) electrons. The first-order valence-corrected chi connectivity index (χ1v) is 5.45. The van der Waals surface area contributed by atoms with Crippen molar-refractivity contribution in [2.24, 2.45) is 0 Å². The van der Waals surface area contributed by atoms with Gasteiger partial charge in [-0.1, -0.05) is 37.3 Å². The van der Waals surface area contributed by atoms with Crippen LogP contribution in [-0.2, 0) is 6.42 Å². The minimum Gasteiger partial charge on any atom is -0.299 e. The Labute approximate surface area is 91.9 Å². The van der Waals surface area contributed by atoms with Gasteiger partial charge in [-0.15, -0.1) is 0 Å². The molecule has 0 aliphatic heterocycles. The van der Waals surface area contributed by atoms with E-state index in [1.807, 2.05) is 25.1 Å². The summed E-state index contributed by atoms with van der Waals surface area (Å²) < 4.78 is 0. The van der Waals surface area contributed by atoms with Crippen molar-refractivity contribution in [3.63, 3.8) is 0 Å². The number of nitrogens with one attached hydrogen (secondary N) is 1. The number of nitriles is 1. The fourth-order valence-corrected chi connectivity index (χ4v) is 1.62. The van der Waals surface area contributed by atoms with Gasteiger partial charge in [-0.05, 0) is 25.3 Å². The molecule has 1 rings (SSSR count). The van der Waals surface area contributed by atoms with Crippen molar-refractivity contribution in [1.29, 1.82) is 5.26 Å². The van der Waals surface area contributed by atoms with E-state index in [0.717, 1.165) is 12.8 Å². The van der Waals surface area contributed by atoms with E-state index < -0.39 is 0 Å². The standard InChI is InChI=1S/C13H18N2/c1-3-13(10-14)15-11(2)9-12-7-5-4-6-8-12/h4-8,11,13,15H,3,9H2,1-2H3/t11-,13+/m1/s1. The monoisotopic (exact) mass is 202 g/mol. The van der Waals surface area contributed by atoms with Crippen LogP contribution in [0.3, 0.4) is 0 Å². The summed E-state index contributed by atoms with van der Waals surface area (Å²) in [5, 5.41) is 12.1. The van der Waals surface area contributed by atoms with E-state index in [2.05, 4.69) is 30.4 Å². The van der Waals surface area contributed by atoms with Gasteiger partial charge in [0.2, 0.25) is 0 Å². The Morgan fingerprint density at radius 1 is 1.33 bits per heavy atom. The zero-order valence-electron chi connectivity index (χ0n) is 9.40. The fraction of sp³-hybridized carbons (Fsp3) is 0.462. The lowest BCUT2D eigenvalue weighted by molar-refractivity contribution is 0.490. The molecule has 0 unspecified atom stereocenters. The van der Waals surface area contributed by atoms with Crippen molar-refractivity contribution in [3.05, 3.63) is 35.9 Å². The van der Waals surface area contributed by atoms with Gasteiger partial charge in [0.25, 0.3) is 0 Å². The molecule has 0 saturated carbocycles. The molecule has 0 heterocycles. The molecule has 0 bridgehead atoms. The summed E-state index contributed by atoms with van der Waals surface area (Å²) in [6.45, 7) is 4.14. The molecule has 1 aromatic carbocycles. The van der Waals surface area contributed by atoms with Crippen molar-refractivity contribution in [3.8, 4) is 6.07 Å². The predicted octanol–water partition coefficient (Wildman–Crippen LogP) is 2.51. The molecule has 2 nitrogen and oxygen atoms in total. The maximum Gasteiger partial charge on any atom is 0.0952 e. The highest BCUT2D eigenvalue weighted by Gasteiger charge is 2.08. The van der Waals surface area contributed by atoms with Crippen LogP contribution >= 0.6 is 0 Å². The highest BCUT2D eigenvalue weighted by molar-refractivity contribution is 5.15. The molecule has 0 aliphatic carbocycles. The minimum absolute atomic E-state index is 0.0243. The zero-order valence-corrected chi connectivity index (χ0v) is 9.40. The van der Waals surface area contributed by atoms with Crippen LogP contribution in [0.5, 0.6) is 0 Å². The highest BCUT2D eigenvalue weighted by Crippen LogP contribution is 2.03. The molecule has 2 atom stereocenters. The zero-order chi connectivity index (χ0) is 11.1. The Morgan fingerprint density at radius 3 is 2.53 bits per heavy atom. The third kappa shape index (κ3) is 4.14. The van der Waals surface area contributed by atoms with Gasteiger partial charge in [0, 0.05) is 6.04 Å². The van der Waals surface area contributed by atoms with Crippen molar-refractivity contribution >= 4 is 0 Å². The third-order valence-corrected chi connectivity index (χ3v) is 2.43. The number of hydrogen-bond donors (Lipinski definition) is 1. The van der Waals surface area contributed by atoms with Crippen molar-refractivity contribution in [2.75, 3.05) is 0 Å². The molecule has 0 spiro atoms. The molecule has 1 aromatic rings. The Balaban J connectivity index is 2.43. The second kappa shape index (κ2) is 6.21. The molecule has 15 heavy (non-hydrogen) atoms. The lowest BCUT2D eigenvalue weighted by atomic mass is 10.1. The van der Waals surface area contributed by atoms with Gasteiger partial charge in [-0.25, -0.2) is 0 Å². The molecule has 1 N–H and O–H groups in total. The first-order valence-electron chi connectivity index (χ1n) is 5.45. The number of hydrogen-bond acceptors (Lipinski definition) is 2. The van der Waals surface area contributed by atoms with E-state index in [0.29, 0.717) is 6.04 Å². The molecule has 2 heteroatoms. The van der Waals surface area contributed by atoms with Gasteiger partial charge in [0.1, 0.15) is 0 Å². The second-order valence-corrected chi connectivity index (χ2v) is 3.85. The first-order chi connectivity index (χ1) is 7.26. The Kier molecular flexibility index (Phi) is 4.86. The predicted molar refractivity (Wildman–Crippen MR) is 62.4 cm³/mol. The normalized spacial score (nSPS) is 14.2. The molecule has 80 valence electrons. The number of nitrogens with zero attached hydrogens (tertiary/aromatic N) is 1. The van der Waals surface area contributed by atoms with Crippen molar-refractivity contribution in [2.45, 2.75) is 38.8 Å². The summed E-state index contributed by atoms with van der Waals surface area (Å²) in [7, 11) is 0. The fourth-order valence-electron chi connectivity index (χ4n) is 1.62. The van der Waals surface area contributed by atoms with Crippen LogP contribution in [-0.4, -0.2) is 12.1 Å². The van der Waals surface area contributed by atoms with E-state index in [1.54, 1.807) is 0 Å². The van der Waals surface area contributed by atoms with Crippen molar-refractivity contribution < 1.29 is 0 Å². The summed E-state index contributed by atoms with van der Waals surface area (Å²) in [5.41, 5.74) is 1.31. The molecule has 0 fully saturated rings. The maximum atomic E-state index is 8.83. The molecular weight excluding hydrogens is 184 g/mol. The largest absolute Gasteiger partial charge is 0.299 e. The van der Waals surface area contributed by atoms with E-state index in [-0.39, 0.29) is 6.04 Å². The summed E-state index contributed by atoms with van der Waals surface area (Å²) in [6, 6.07) is 12.9. The smallest absolute Gasteiger partial charge is 0.0952 e. The second-order valence-electron chi connectivity index (χ2n) is 3.85. The Morgan fingerprint density at radius 2 is 2.00 bits per heavy atom. The lowest BCUT2D eigenvalue weighted by Gasteiger charge is -2.16. The van der Waals surface area contributed by atoms with E-state index in [4.69, 9.17) is 5.26 Å². The maximum absolute atomic E-state index is 8.83. The van der Waals surface area contributed by atoms with Gasteiger partial charge in [0.05, 0.1) is 12.1 Å². The summed E-state index contributed by atoms with van der Waals surface area (Å²) in [5.74, 6) is 0. The van der Waals surface area contributed by atoms with Gasteiger partial charge in [0.15, 0.2) is 0 Å². The molecule has 0 aromatic heterocycles. The molecule has 0 saturated heterocycles. The van der Waals surface area contributed by atoms with Gasteiger partial charge in [-0.3, -0.25) is 5.32 Å². The number of benzene rings is 1. The van der Waals surface area contributed by atoms with Crippen LogP contribution in [0.1, 0.15) is 25.8 Å². The average molecular weight is 202 g/mol. The van der Waals surface area contributed by atoms with E-state index in [9.17, 15) is 0 Å². The Bertz CT molecular complexity index is 313. The first kappa shape index (κ1) is 11.7. The quantitative estimate of drug-likeness (QED) is 0.796. The summed E-state index contributed by atoms with van der Waals surface area (Å²) in [4.78, 5) is 0. The van der Waals surface area contributed by atoms with Crippen LogP contribution < -0.4 is 5.32 Å². The topological polar surface area (TPSA) is 35.8 Å². The third-order valence-electron chi connectivity index (χ3n) is 2.43. The van der Waals surface area contributed by atoms with Crippen LogP contribution in [0.25, 0.3) is 0 Å². The van der Waals surface area contributed by atoms with Crippen LogP contribution in [0.4, 0.5) is 0 Å². The lowest BCUT2D eigenvalue weighted by Crippen LogP contribution is -2.36. The average Bonchev–Trinajstić information content (AvgIpc) is 2.27. The Hall–Kier alpha value is -1.33. The molecule has 0 aliphatic rings. The van der Waals surface area contributed by atoms with Crippen molar-refractivity contribution in [1.82, 2.24) is 5.32 Å². The SMILES string of the molecule is CC[C@@H](C#N)N[C@H](C)Cc1ccccc1.